The highest BCUT2D eigenvalue weighted by molar-refractivity contribution is 6.30. The van der Waals surface area contributed by atoms with Crippen LogP contribution in [-0.4, -0.2) is 12.0 Å². The lowest BCUT2D eigenvalue weighted by Gasteiger charge is -2.19. The summed E-state index contributed by atoms with van der Waals surface area (Å²) in [5.74, 6) is -4.66. The van der Waals surface area contributed by atoms with Crippen molar-refractivity contribution in [3.63, 3.8) is 0 Å². The van der Waals surface area contributed by atoms with Crippen molar-refractivity contribution in [3.8, 4) is 5.75 Å². The van der Waals surface area contributed by atoms with E-state index in [-0.39, 0.29) is 11.3 Å². The first-order chi connectivity index (χ1) is 10.7. The molecule has 2 aromatic carbocycles. The summed E-state index contributed by atoms with van der Waals surface area (Å²) < 4.78 is 58.8. The maximum atomic E-state index is 13.8. The van der Waals surface area contributed by atoms with E-state index in [0.29, 0.717) is 5.02 Å². The van der Waals surface area contributed by atoms with Gasteiger partial charge in [-0.1, -0.05) is 17.7 Å². The number of aryl methyl sites for hydroxylation is 1. The number of para-hydroxylation sites is 1. The van der Waals surface area contributed by atoms with Gasteiger partial charge in [-0.05, 0) is 42.8 Å². The molecule has 1 amide bonds. The van der Waals surface area contributed by atoms with Gasteiger partial charge in [0.15, 0.2) is 0 Å². The summed E-state index contributed by atoms with van der Waals surface area (Å²) in [5.41, 5.74) is -0.712. The van der Waals surface area contributed by atoms with Crippen LogP contribution in [0.3, 0.4) is 0 Å². The molecule has 3 nitrogen and oxygen atoms in total. The van der Waals surface area contributed by atoms with Gasteiger partial charge in [-0.3, -0.25) is 4.79 Å². The number of nitrogens with one attached hydrogen (secondary N) is 1. The molecular formula is C15H10ClF4NO2. The molecule has 0 saturated heterocycles. The Kier molecular flexibility index (Phi) is 4.79. The zero-order valence-corrected chi connectivity index (χ0v) is 12.4. The third kappa shape index (κ3) is 3.92. The zero-order valence-electron chi connectivity index (χ0n) is 11.7. The van der Waals surface area contributed by atoms with Gasteiger partial charge in [0.05, 0.1) is 0 Å². The SMILES string of the molecule is Cc1cc(Cl)ccc1OC(F)(F)C(=O)Nc1c(F)cccc1F. The van der Waals surface area contributed by atoms with Gasteiger partial charge in [0.1, 0.15) is 23.1 Å². The van der Waals surface area contributed by atoms with Crippen LogP contribution in [0.1, 0.15) is 5.56 Å². The van der Waals surface area contributed by atoms with Crippen molar-refractivity contribution in [1.29, 1.82) is 0 Å². The third-order valence-electron chi connectivity index (χ3n) is 2.84. The second kappa shape index (κ2) is 6.45. The van der Waals surface area contributed by atoms with Crippen molar-refractivity contribution in [2.24, 2.45) is 0 Å². The summed E-state index contributed by atoms with van der Waals surface area (Å²) in [7, 11) is 0. The Labute approximate surface area is 133 Å². The van der Waals surface area contributed by atoms with E-state index in [1.807, 2.05) is 0 Å². The number of benzene rings is 2. The molecule has 0 bridgehead atoms. The van der Waals surface area contributed by atoms with E-state index in [1.54, 1.807) is 0 Å². The fourth-order valence-electron chi connectivity index (χ4n) is 1.72. The minimum Gasteiger partial charge on any atom is -0.425 e. The Bertz CT molecular complexity index is 732. The maximum Gasteiger partial charge on any atom is 0.482 e. The molecule has 23 heavy (non-hydrogen) atoms. The molecule has 0 saturated carbocycles. The van der Waals surface area contributed by atoms with Crippen molar-refractivity contribution >= 4 is 23.2 Å². The molecule has 122 valence electrons. The van der Waals surface area contributed by atoms with Gasteiger partial charge in [0, 0.05) is 5.02 Å². The van der Waals surface area contributed by atoms with Gasteiger partial charge < -0.3 is 10.1 Å². The van der Waals surface area contributed by atoms with Crippen LogP contribution in [0.15, 0.2) is 36.4 Å². The number of anilines is 1. The summed E-state index contributed by atoms with van der Waals surface area (Å²) in [6, 6.07) is 6.49. The van der Waals surface area contributed by atoms with Crippen LogP contribution in [0.2, 0.25) is 5.02 Å². The number of amides is 1. The lowest BCUT2D eigenvalue weighted by atomic mass is 10.2. The van der Waals surface area contributed by atoms with E-state index in [4.69, 9.17) is 11.6 Å². The van der Waals surface area contributed by atoms with Crippen molar-refractivity contribution < 1.29 is 27.1 Å². The molecule has 0 unspecified atom stereocenters. The highest BCUT2D eigenvalue weighted by atomic mass is 35.5. The fourth-order valence-corrected chi connectivity index (χ4v) is 1.94. The van der Waals surface area contributed by atoms with E-state index in [9.17, 15) is 22.4 Å². The predicted molar refractivity (Wildman–Crippen MR) is 76.8 cm³/mol. The Morgan fingerprint density at radius 1 is 1.17 bits per heavy atom. The summed E-state index contributed by atoms with van der Waals surface area (Å²) in [4.78, 5) is 11.6. The number of hydrogen-bond donors (Lipinski definition) is 1. The molecule has 0 spiro atoms. The second-order valence-corrected chi connectivity index (χ2v) is 5.02. The number of alkyl halides is 2. The highest BCUT2D eigenvalue weighted by Crippen LogP contribution is 2.29. The van der Waals surface area contributed by atoms with Gasteiger partial charge in [-0.2, -0.15) is 8.78 Å². The van der Waals surface area contributed by atoms with Gasteiger partial charge in [0.2, 0.25) is 0 Å². The Morgan fingerprint density at radius 2 is 1.78 bits per heavy atom. The summed E-state index contributed by atoms with van der Waals surface area (Å²) in [6.45, 7) is 1.45. The second-order valence-electron chi connectivity index (χ2n) is 4.58. The first-order valence-corrected chi connectivity index (χ1v) is 6.67. The number of carbonyl (C=O) groups excluding carboxylic acids is 1. The van der Waals surface area contributed by atoms with Gasteiger partial charge in [-0.15, -0.1) is 0 Å². The molecule has 0 aromatic heterocycles. The largest absolute Gasteiger partial charge is 0.482 e. The maximum absolute atomic E-state index is 13.8. The molecule has 0 aliphatic rings. The molecule has 2 aromatic rings. The molecular weight excluding hydrogens is 338 g/mol. The average molecular weight is 348 g/mol. The van der Waals surface area contributed by atoms with E-state index < -0.39 is 29.3 Å². The standard InChI is InChI=1S/C15H10ClF4NO2/c1-8-7-9(16)5-6-12(8)23-15(19,20)14(22)21-13-10(17)3-2-4-11(13)18/h2-7H,1H3,(H,21,22). The molecule has 0 heterocycles. The quantitative estimate of drug-likeness (QED) is 0.825. The number of hydrogen-bond acceptors (Lipinski definition) is 2. The van der Waals surface area contributed by atoms with Crippen LogP contribution >= 0.6 is 11.6 Å². The summed E-state index contributed by atoms with van der Waals surface area (Å²) in [5, 5.41) is 1.78. The lowest BCUT2D eigenvalue weighted by molar-refractivity contribution is -0.187. The molecule has 0 aliphatic carbocycles. The van der Waals surface area contributed by atoms with Crippen LogP contribution in [0, 0.1) is 18.6 Å². The normalized spacial score (nSPS) is 11.2. The van der Waals surface area contributed by atoms with Crippen LogP contribution in [0.4, 0.5) is 23.2 Å². The van der Waals surface area contributed by atoms with Gasteiger partial charge in [-0.25, -0.2) is 8.78 Å². The fraction of sp³-hybridized carbons (Fsp3) is 0.133. The van der Waals surface area contributed by atoms with Gasteiger partial charge in [0.25, 0.3) is 0 Å². The molecule has 0 fully saturated rings. The van der Waals surface area contributed by atoms with Crippen molar-refractivity contribution in [2.45, 2.75) is 13.0 Å². The predicted octanol–water partition coefficient (Wildman–Crippen LogP) is 4.54. The van der Waals surface area contributed by atoms with E-state index in [0.717, 1.165) is 24.3 Å². The molecule has 8 heteroatoms. The smallest absolute Gasteiger partial charge is 0.425 e. The summed E-state index contributed by atoms with van der Waals surface area (Å²) >= 11 is 5.69. The minimum atomic E-state index is -4.34. The van der Waals surface area contributed by atoms with E-state index in [2.05, 4.69) is 4.74 Å². The lowest BCUT2D eigenvalue weighted by Crippen LogP contribution is -2.40. The van der Waals surface area contributed by atoms with Crippen LogP contribution < -0.4 is 10.1 Å². The molecule has 0 atom stereocenters. The van der Waals surface area contributed by atoms with Gasteiger partial charge >= 0.3 is 12.0 Å². The average Bonchev–Trinajstić information content (AvgIpc) is 2.46. The van der Waals surface area contributed by atoms with Crippen molar-refractivity contribution in [1.82, 2.24) is 0 Å². The Hall–Kier alpha value is -2.28. The molecule has 1 N–H and O–H groups in total. The first-order valence-electron chi connectivity index (χ1n) is 6.29. The van der Waals surface area contributed by atoms with Crippen molar-refractivity contribution in [2.75, 3.05) is 5.32 Å². The summed E-state index contributed by atoms with van der Waals surface area (Å²) in [6.07, 6.45) is -4.34. The highest BCUT2D eigenvalue weighted by Gasteiger charge is 2.43. The number of ether oxygens (including phenoxy) is 1. The van der Waals surface area contributed by atoms with Crippen LogP contribution in [0.5, 0.6) is 5.75 Å². The third-order valence-corrected chi connectivity index (χ3v) is 3.08. The van der Waals surface area contributed by atoms with Crippen LogP contribution in [0.25, 0.3) is 0 Å². The van der Waals surface area contributed by atoms with E-state index in [1.165, 1.54) is 24.4 Å². The monoisotopic (exact) mass is 347 g/mol. The number of carbonyl (C=O) groups is 1. The molecule has 0 aliphatic heterocycles. The topological polar surface area (TPSA) is 38.3 Å². The van der Waals surface area contributed by atoms with Crippen LogP contribution in [-0.2, 0) is 4.79 Å². The molecule has 2 rings (SSSR count). The molecule has 0 radical (unpaired) electrons. The Balaban J connectivity index is 2.20. The number of halogens is 5. The zero-order chi connectivity index (χ0) is 17.2. The Morgan fingerprint density at radius 3 is 2.35 bits per heavy atom. The van der Waals surface area contributed by atoms with Crippen molar-refractivity contribution in [3.05, 3.63) is 58.6 Å². The van der Waals surface area contributed by atoms with E-state index >= 15 is 0 Å². The number of rotatable bonds is 4. The first kappa shape index (κ1) is 17.1. The minimum absolute atomic E-state index is 0.266.